The van der Waals surface area contributed by atoms with Crippen molar-refractivity contribution in [2.75, 3.05) is 26.8 Å². The van der Waals surface area contributed by atoms with Crippen LogP contribution >= 0.6 is 0 Å². The molecule has 0 saturated carbocycles. The molecule has 0 fully saturated rings. The van der Waals surface area contributed by atoms with Crippen LogP contribution in [0.1, 0.15) is 6.92 Å². The lowest BCUT2D eigenvalue weighted by atomic mass is 10.5. The number of sulfonamides is 1. The van der Waals surface area contributed by atoms with Crippen molar-refractivity contribution in [3.05, 3.63) is 28.7 Å². The van der Waals surface area contributed by atoms with Crippen LogP contribution in [0.4, 0.5) is 0 Å². The number of aromatic amines is 1. The summed E-state index contributed by atoms with van der Waals surface area (Å²) < 4.78 is 30.2. The van der Waals surface area contributed by atoms with Gasteiger partial charge in [0.25, 0.3) is 0 Å². The number of ether oxygens (including phenoxy) is 1. The van der Waals surface area contributed by atoms with Gasteiger partial charge in [0.05, 0.1) is 6.61 Å². The molecule has 1 N–H and O–H groups in total. The molecule has 17 heavy (non-hydrogen) atoms. The van der Waals surface area contributed by atoms with Crippen LogP contribution < -0.4 is 5.43 Å². The highest BCUT2D eigenvalue weighted by molar-refractivity contribution is 7.89. The third kappa shape index (κ3) is 3.39. The lowest BCUT2D eigenvalue weighted by Gasteiger charge is -2.16. The number of rotatable bonds is 6. The van der Waals surface area contributed by atoms with Crippen LogP contribution in [0.5, 0.6) is 0 Å². The average Bonchev–Trinajstić information content (AvgIpc) is 2.29. The minimum absolute atomic E-state index is 0.213. The van der Waals surface area contributed by atoms with Gasteiger partial charge in [-0.3, -0.25) is 4.79 Å². The summed E-state index contributed by atoms with van der Waals surface area (Å²) in [4.78, 5) is 13.8. The minimum atomic E-state index is -3.74. The molecule has 0 aliphatic heterocycles. The molecule has 1 heterocycles. The van der Waals surface area contributed by atoms with Crippen LogP contribution in [-0.4, -0.2) is 44.5 Å². The van der Waals surface area contributed by atoms with E-state index in [0.29, 0.717) is 13.2 Å². The molecule has 0 aliphatic carbocycles. The first-order valence-electron chi connectivity index (χ1n) is 5.21. The van der Waals surface area contributed by atoms with Gasteiger partial charge in [-0.1, -0.05) is 0 Å². The Morgan fingerprint density at radius 3 is 2.76 bits per heavy atom. The molecule has 0 bridgehead atoms. The maximum absolute atomic E-state index is 12.0. The Bertz CT molecular complexity index is 509. The number of hydrogen-bond donors (Lipinski definition) is 1. The van der Waals surface area contributed by atoms with Crippen LogP contribution in [0.25, 0.3) is 0 Å². The van der Waals surface area contributed by atoms with Crippen molar-refractivity contribution >= 4 is 10.0 Å². The van der Waals surface area contributed by atoms with Crippen molar-refractivity contribution in [1.29, 1.82) is 0 Å². The Balaban J connectivity index is 2.88. The van der Waals surface area contributed by atoms with E-state index in [4.69, 9.17) is 4.74 Å². The van der Waals surface area contributed by atoms with Crippen molar-refractivity contribution in [1.82, 2.24) is 9.29 Å². The summed E-state index contributed by atoms with van der Waals surface area (Å²) in [6.45, 7) is 2.87. The van der Waals surface area contributed by atoms with Crippen molar-refractivity contribution in [2.45, 2.75) is 11.8 Å². The second kappa shape index (κ2) is 5.95. The second-order valence-electron chi connectivity index (χ2n) is 3.40. The molecular formula is C10H16N2O4S. The number of nitrogens with one attached hydrogen (secondary N) is 1. The molecule has 0 spiro atoms. The summed E-state index contributed by atoms with van der Waals surface area (Å²) in [7, 11) is -2.32. The van der Waals surface area contributed by atoms with Gasteiger partial charge in [0, 0.05) is 38.7 Å². The monoisotopic (exact) mass is 260 g/mol. The zero-order valence-corrected chi connectivity index (χ0v) is 10.7. The van der Waals surface area contributed by atoms with Gasteiger partial charge in [-0.05, 0) is 6.92 Å². The quantitative estimate of drug-likeness (QED) is 0.732. The number of hydrogen-bond acceptors (Lipinski definition) is 4. The molecule has 7 heteroatoms. The summed E-state index contributed by atoms with van der Waals surface area (Å²) in [6, 6.07) is 1.18. The highest BCUT2D eigenvalue weighted by atomic mass is 32.2. The smallest absolute Gasteiger partial charge is 0.248 e. The van der Waals surface area contributed by atoms with Gasteiger partial charge >= 0.3 is 0 Å². The zero-order chi connectivity index (χ0) is 12.9. The topological polar surface area (TPSA) is 79.5 Å². The zero-order valence-electron chi connectivity index (χ0n) is 9.84. The largest absolute Gasteiger partial charge is 0.380 e. The van der Waals surface area contributed by atoms with Gasteiger partial charge in [0.15, 0.2) is 0 Å². The molecule has 0 radical (unpaired) electrons. The van der Waals surface area contributed by atoms with Crippen molar-refractivity contribution in [3.8, 4) is 0 Å². The summed E-state index contributed by atoms with van der Waals surface area (Å²) in [6.07, 6.45) is 2.58. The molecule has 1 rings (SSSR count). The lowest BCUT2D eigenvalue weighted by Crippen LogP contribution is -2.33. The van der Waals surface area contributed by atoms with Gasteiger partial charge < -0.3 is 9.72 Å². The Morgan fingerprint density at radius 1 is 1.47 bits per heavy atom. The molecule has 6 nitrogen and oxygen atoms in total. The van der Waals surface area contributed by atoms with Gasteiger partial charge in [-0.15, -0.1) is 0 Å². The Morgan fingerprint density at radius 2 is 2.18 bits per heavy atom. The second-order valence-corrected chi connectivity index (χ2v) is 5.41. The lowest BCUT2D eigenvalue weighted by molar-refractivity contribution is 0.138. The van der Waals surface area contributed by atoms with Crippen LogP contribution in [-0.2, 0) is 14.8 Å². The van der Waals surface area contributed by atoms with Gasteiger partial charge in [0.1, 0.15) is 4.90 Å². The first-order valence-corrected chi connectivity index (χ1v) is 6.65. The fraction of sp³-hybridized carbons (Fsp3) is 0.500. The van der Waals surface area contributed by atoms with E-state index in [1.54, 1.807) is 0 Å². The molecule has 0 aliphatic rings. The fourth-order valence-electron chi connectivity index (χ4n) is 1.23. The number of nitrogens with zero attached hydrogens (tertiary/aromatic N) is 1. The SMILES string of the molecule is CCOCCN(C)S(=O)(=O)c1c[nH]ccc1=O. The van der Waals surface area contributed by atoms with Crippen molar-refractivity contribution < 1.29 is 13.2 Å². The Labute approximate surface area is 100 Å². The third-order valence-corrected chi connectivity index (χ3v) is 4.11. The maximum Gasteiger partial charge on any atom is 0.248 e. The highest BCUT2D eigenvalue weighted by Crippen LogP contribution is 2.07. The number of H-pyrrole nitrogens is 1. The van der Waals surface area contributed by atoms with E-state index in [1.807, 2.05) is 6.92 Å². The highest BCUT2D eigenvalue weighted by Gasteiger charge is 2.23. The molecule has 1 aromatic heterocycles. The van der Waals surface area contributed by atoms with E-state index in [2.05, 4.69) is 4.98 Å². The predicted molar refractivity (Wildman–Crippen MR) is 63.4 cm³/mol. The van der Waals surface area contributed by atoms with E-state index >= 15 is 0 Å². The number of likely N-dealkylation sites (N-methyl/N-ethyl adjacent to an activating group) is 1. The first kappa shape index (κ1) is 13.9. The Kier molecular flexibility index (Phi) is 4.86. The molecule has 0 unspecified atom stereocenters. The van der Waals surface area contributed by atoms with E-state index in [9.17, 15) is 13.2 Å². The maximum atomic E-state index is 12.0. The molecule has 0 amide bonds. The summed E-state index contributed by atoms with van der Waals surface area (Å²) >= 11 is 0. The molecular weight excluding hydrogens is 244 g/mol. The number of pyridine rings is 1. The van der Waals surface area contributed by atoms with Gasteiger partial charge in [-0.25, -0.2) is 8.42 Å². The van der Waals surface area contributed by atoms with E-state index in [1.165, 1.54) is 25.5 Å². The fourth-order valence-corrected chi connectivity index (χ4v) is 2.42. The van der Waals surface area contributed by atoms with Crippen LogP contribution in [0.3, 0.4) is 0 Å². The molecule has 0 atom stereocenters. The number of aromatic nitrogens is 1. The van der Waals surface area contributed by atoms with Crippen LogP contribution in [0.2, 0.25) is 0 Å². The molecule has 0 saturated heterocycles. The van der Waals surface area contributed by atoms with Gasteiger partial charge in [0.2, 0.25) is 15.5 Å². The Hall–Kier alpha value is -1.18. The van der Waals surface area contributed by atoms with E-state index in [0.717, 1.165) is 4.31 Å². The minimum Gasteiger partial charge on any atom is -0.380 e. The standard InChI is InChI=1S/C10H16N2O4S/c1-3-16-7-6-12(2)17(14,15)10-8-11-5-4-9(10)13/h4-5,8H,3,6-7H2,1-2H3,(H,11,13). The predicted octanol–water partition coefficient (Wildman–Crippen LogP) is 0.0319. The molecule has 0 aromatic carbocycles. The third-order valence-electron chi connectivity index (χ3n) is 2.23. The average molecular weight is 260 g/mol. The van der Waals surface area contributed by atoms with Gasteiger partial charge in [-0.2, -0.15) is 4.31 Å². The molecule has 96 valence electrons. The van der Waals surface area contributed by atoms with E-state index in [-0.39, 0.29) is 11.4 Å². The van der Waals surface area contributed by atoms with Crippen molar-refractivity contribution in [3.63, 3.8) is 0 Å². The van der Waals surface area contributed by atoms with Crippen molar-refractivity contribution in [2.24, 2.45) is 0 Å². The van der Waals surface area contributed by atoms with Crippen LogP contribution in [0, 0.1) is 0 Å². The van der Waals surface area contributed by atoms with Crippen LogP contribution in [0.15, 0.2) is 28.2 Å². The molecule has 1 aromatic rings. The summed E-state index contributed by atoms with van der Waals surface area (Å²) in [5.41, 5.74) is -0.521. The first-order chi connectivity index (χ1) is 8.00. The van der Waals surface area contributed by atoms with E-state index < -0.39 is 15.5 Å². The normalized spacial score (nSPS) is 11.9. The summed E-state index contributed by atoms with van der Waals surface area (Å²) in [5.74, 6) is 0. The summed E-state index contributed by atoms with van der Waals surface area (Å²) in [5, 5.41) is 0.